The predicted molar refractivity (Wildman–Crippen MR) is 55.7 cm³/mol. The van der Waals surface area contributed by atoms with Crippen LogP contribution in [0.4, 0.5) is 5.69 Å². The fourth-order valence-corrected chi connectivity index (χ4v) is 1.18. The van der Waals surface area contributed by atoms with Gasteiger partial charge < -0.3 is 10.5 Å². The van der Waals surface area contributed by atoms with Crippen LogP contribution in [0.3, 0.4) is 0 Å². The number of ether oxygens (including phenoxy) is 1. The van der Waals surface area contributed by atoms with Crippen LogP contribution in [0.1, 0.15) is 12.0 Å². The highest BCUT2D eigenvalue weighted by molar-refractivity contribution is 5.69. The number of nitrogens with two attached hydrogens (primary N) is 1. The lowest BCUT2D eigenvalue weighted by atomic mass is 10.1. The maximum absolute atomic E-state index is 11.1. The summed E-state index contributed by atoms with van der Waals surface area (Å²) in [6.07, 6.45) is 0.848. The van der Waals surface area contributed by atoms with Gasteiger partial charge in [0.2, 0.25) is 0 Å². The first-order valence-electron chi connectivity index (χ1n) is 4.59. The monoisotopic (exact) mass is 204 g/mol. The number of aryl methyl sites for hydroxylation is 1. The van der Waals surface area contributed by atoms with Crippen molar-refractivity contribution < 1.29 is 9.53 Å². The van der Waals surface area contributed by atoms with Crippen molar-refractivity contribution in [1.82, 2.24) is 0 Å². The molecular formula is C11H12N2O2. The Morgan fingerprint density at radius 2 is 2.33 bits per heavy atom. The first kappa shape index (κ1) is 11.1. The van der Waals surface area contributed by atoms with Gasteiger partial charge in [0.1, 0.15) is 6.07 Å². The highest BCUT2D eigenvalue weighted by Gasteiger charge is 2.03. The molecule has 78 valence electrons. The van der Waals surface area contributed by atoms with E-state index in [9.17, 15) is 4.79 Å². The molecule has 4 heteroatoms. The molecule has 0 atom stereocenters. The lowest BCUT2D eigenvalue weighted by molar-refractivity contribution is -0.142. The largest absolute Gasteiger partial charge is 0.450 e. The van der Waals surface area contributed by atoms with Crippen LogP contribution in [-0.2, 0) is 16.0 Å². The smallest absolute Gasteiger partial charge is 0.307 e. The van der Waals surface area contributed by atoms with Crippen LogP contribution < -0.4 is 5.73 Å². The summed E-state index contributed by atoms with van der Waals surface area (Å²) in [5.74, 6) is -0.362. The van der Waals surface area contributed by atoms with E-state index in [4.69, 9.17) is 11.0 Å². The molecule has 0 aliphatic rings. The lowest BCUT2D eigenvalue weighted by Gasteiger charge is -2.02. The predicted octanol–water partition coefficient (Wildman–Crippen LogP) is 1.27. The number of hydrogen-bond donors (Lipinski definition) is 1. The van der Waals surface area contributed by atoms with Crippen molar-refractivity contribution in [3.8, 4) is 6.07 Å². The highest BCUT2D eigenvalue weighted by atomic mass is 16.5. The van der Waals surface area contributed by atoms with Gasteiger partial charge in [-0.25, -0.2) is 0 Å². The molecule has 0 aromatic heterocycles. The molecular weight excluding hydrogens is 192 g/mol. The Kier molecular flexibility index (Phi) is 4.17. The summed E-state index contributed by atoms with van der Waals surface area (Å²) >= 11 is 0. The second kappa shape index (κ2) is 5.66. The molecule has 0 aliphatic carbocycles. The van der Waals surface area contributed by atoms with Crippen molar-refractivity contribution in [3.05, 3.63) is 29.8 Å². The summed E-state index contributed by atoms with van der Waals surface area (Å²) < 4.78 is 4.61. The van der Waals surface area contributed by atoms with E-state index >= 15 is 0 Å². The van der Waals surface area contributed by atoms with Gasteiger partial charge in [0, 0.05) is 12.1 Å². The van der Waals surface area contributed by atoms with Gasteiger partial charge in [-0.2, -0.15) is 5.26 Å². The SMILES string of the molecule is N#CCOC(=O)CCc1cccc(N)c1. The molecule has 0 spiro atoms. The molecule has 1 aromatic rings. The van der Waals surface area contributed by atoms with Crippen LogP contribution in [0, 0.1) is 11.3 Å². The Labute approximate surface area is 88.3 Å². The van der Waals surface area contributed by atoms with Crippen molar-refractivity contribution in [1.29, 1.82) is 5.26 Å². The number of hydrogen-bond acceptors (Lipinski definition) is 4. The normalized spacial score (nSPS) is 9.27. The summed E-state index contributed by atoms with van der Waals surface area (Å²) in [5.41, 5.74) is 7.25. The number of nitrogen functional groups attached to an aromatic ring is 1. The Balaban J connectivity index is 2.37. The summed E-state index contributed by atoms with van der Waals surface area (Å²) in [7, 11) is 0. The number of nitrogens with zero attached hydrogens (tertiary/aromatic N) is 1. The van der Waals surface area contributed by atoms with E-state index in [0.717, 1.165) is 5.56 Å². The number of carbonyl (C=O) groups is 1. The van der Waals surface area contributed by atoms with Crippen molar-refractivity contribution in [2.24, 2.45) is 0 Å². The van der Waals surface area contributed by atoms with Gasteiger partial charge in [-0.05, 0) is 24.1 Å². The first-order chi connectivity index (χ1) is 7.22. The molecule has 0 bridgehead atoms. The Hall–Kier alpha value is -2.02. The summed E-state index contributed by atoms with van der Waals surface area (Å²) in [4.78, 5) is 11.1. The fourth-order valence-electron chi connectivity index (χ4n) is 1.18. The molecule has 0 saturated heterocycles. The third-order valence-corrected chi connectivity index (χ3v) is 1.87. The van der Waals surface area contributed by atoms with Crippen LogP contribution in [0.15, 0.2) is 24.3 Å². The van der Waals surface area contributed by atoms with E-state index in [1.165, 1.54) is 0 Å². The Morgan fingerprint density at radius 3 is 3.00 bits per heavy atom. The lowest BCUT2D eigenvalue weighted by Crippen LogP contribution is -2.05. The zero-order valence-corrected chi connectivity index (χ0v) is 8.27. The summed E-state index contributed by atoms with van der Waals surface area (Å²) in [6.45, 7) is -0.185. The molecule has 1 aromatic carbocycles. The van der Waals surface area contributed by atoms with Gasteiger partial charge in [0.25, 0.3) is 0 Å². The van der Waals surface area contributed by atoms with Crippen LogP contribution >= 0.6 is 0 Å². The van der Waals surface area contributed by atoms with E-state index in [-0.39, 0.29) is 19.0 Å². The van der Waals surface area contributed by atoms with Crippen molar-refractivity contribution >= 4 is 11.7 Å². The number of esters is 1. The third-order valence-electron chi connectivity index (χ3n) is 1.87. The minimum Gasteiger partial charge on any atom is -0.450 e. The zero-order valence-electron chi connectivity index (χ0n) is 8.27. The molecule has 0 saturated carbocycles. The van der Waals surface area contributed by atoms with Gasteiger partial charge in [-0.15, -0.1) is 0 Å². The van der Waals surface area contributed by atoms with Gasteiger partial charge in [0.05, 0.1) is 0 Å². The molecule has 2 N–H and O–H groups in total. The second-order valence-corrected chi connectivity index (χ2v) is 3.06. The summed E-state index contributed by atoms with van der Waals surface area (Å²) in [6, 6.07) is 9.08. The minimum atomic E-state index is -0.362. The molecule has 4 nitrogen and oxygen atoms in total. The van der Waals surface area contributed by atoms with Crippen LogP contribution in [0.5, 0.6) is 0 Å². The quantitative estimate of drug-likeness (QED) is 0.591. The van der Waals surface area contributed by atoms with E-state index < -0.39 is 0 Å². The Bertz CT molecular complexity index is 382. The first-order valence-corrected chi connectivity index (χ1v) is 4.59. The van der Waals surface area contributed by atoms with Gasteiger partial charge >= 0.3 is 5.97 Å². The average molecular weight is 204 g/mol. The van der Waals surface area contributed by atoms with Crippen LogP contribution in [-0.4, -0.2) is 12.6 Å². The molecule has 0 heterocycles. The minimum absolute atomic E-state index is 0.185. The second-order valence-electron chi connectivity index (χ2n) is 3.06. The van der Waals surface area contributed by atoms with Gasteiger partial charge in [-0.1, -0.05) is 12.1 Å². The molecule has 0 fully saturated rings. The molecule has 15 heavy (non-hydrogen) atoms. The molecule has 0 unspecified atom stereocenters. The van der Waals surface area contributed by atoms with E-state index in [2.05, 4.69) is 4.74 Å². The maximum Gasteiger partial charge on any atom is 0.307 e. The summed E-state index contributed by atoms with van der Waals surface area (Å²) in [5, 5.41) is 8.19. The molecule has 1 rings (SSSR count). The molecule has 0 amide bonds. The van der Waals surface area contributed by atoms with E-state index in [1.807, 2.05) is 18.2 Å². The average Bonchev–Trinajstić information content (AvgIpc) is 2.23. The van der Waals surface area contributed by atoms with E-state index in [0.29, 0.717) is 12.1 Å². The highest BCUT2D eigenvalue weighted by Crippen LogP contribution is 2.08. The number of anilines is 1. The van der Waals surface area contributed by atoms with Crippen LogP contribution in [0.25, 0.3) is 0 Å². The zero-order chi connectivity index (χ0) is 11.1. The molecule has 0 aliphatic heterocycles. The fraction of sp³-hybridized carbons (Fsp3) is 0.273. The third kappa shape index (κ3) is 4.14. The number of rotatable bonds is 4. The van der Waals surface area contributed by atoms with Crippen LogP contribution in [0.2, 0.25) is 0 Å². The van der Waals surface area contributed by atoms with Crippen molar-refractivity contribution in [3.63, 3.8) is 0 Å². The number of carbonyl (C=O) groups excluding carboxylic acids is 1. The van der Waals surface area contributed by atoms with Gasteiger partial charge in [-0.3, -0.25) is 4.79 Å². The Morgan fingerprint density at radius 1 is 1.53 bits per heavy atom. The van der Waals surface area contributed by atoms with Crippen molar-refractivity contribution in [2.75, 3.05) is 12.3 Å². The number of benzene rings is 1. The van der Waals surface area contributed by atoms with Crippen molar-refractivity contribution in [2.45, 2.75) is 12.8 Å². The topological polar surface area (TPSA) is 76.1 Å². The maximum atomic E-state index is 11.1. The van der Waals surface area contributed by atoms with E-state index in [1.54, 1.807) is 12.1 Å². The van der Waals surface area contributed by atoms with Gasteiger partial charge in [0.15, 0.2) is 6.61 Å². The molecule has 0 radical (unpaired) electrons. The standard InChI is InChI=1S/C11H12N2O2/c12-6-7-15-11(14)5-4-9-2-1-3-10(13)8-9/h1-3,8H,4-5,7,13H2. The number of nitriles is 1.